The molecule has 1 aliphatic rings. The summed E-state index contributed by atoms with van der Waals surface area (Å²) in [6, 6.07) is 0. The molecular formula is C23H43NO3. The van der Waals surface area contributed by atoms with Crippen LogP contribution in [0.3, 0.4) is 0 Å². The van der Waals surface area contributed by atoms with Gasteiger partial charge in [0.15, 0.2) is 0 Å². The van der Waals surface area contributed by atoms with E-state index in [1.54, 1.807) is 0 Å². The number of unbranched alkanes of at least 4 members (excludes halogenated alkanes) is 8. The number of aliphatic hydroxyl groups is 1. The number of rotatable bonds is 16. The summed E-state index contributed by atoms with van der Waals surface area (Å²) in [5.41, 5.74) is 0. The zero-order valence-electron chi connectivity index (χ0n) is 17.7. The van der Waals surface area contributed by atoms with Crippen molar-refractivity contribution < 1.29 is 14.7 Å². The molecule has 0 aromatic carbocycles. The van der Waals surface area contributed by atoms with Gasteiger partial charge in [-0.3, -0.25) is 4.79 Å². The summed E-state index contributed by atoms with van der Waals surface area (Å²) in [6.07, 6.45) is 21.7. The zero-order chi connectivity index (χ0) is 19.6. The molecule has 0 radical (unpaired) electrons. The van der Waals surface area contributed by atoms with E-state index >= 15 is 0 Å². The summed E-state index contributed by atoms with van der Waals surface area (Å²) in [6.45, 7) is 4.01. The highest BCUT2D eigenvalue weighted by molar-refractivity contribution is 5.68. The lowest BCUT2D eigenvalue weighted by atomic mass is 10.1. The number of nitrogens with zero attached hydrogens (tertiary/aromatic N) is 1. The molecule has 4 nitrogen and oxygen atoms in total. The average molecular weight is 382 g/mol. The smallest absolute Gasteiger partial charge is 0.325 e. The van der Waals surface area contributed by atoms with Gasteiger partial charge in [-0.05, 0) is 44.9 Å². The van der Waals surface area contributed by atoms with E-state index in [0.717, 1.165) is 64.5 Å². The highest BCUT2D eigenvalue weighted by Crippen LogP contribution is 2.12. The van der Waals surface area contributed by atoms with Gasteiger partial charge in [0.2, 0.25) is 0 Å². The zero-order valence-corrected chi connectivity index (χ0v) is 17.7. The van der Waals surface area contributed by atoms with Crippen LogP contribution in [0.1, 0.15) is 110 Å². The lowest BCUT2D eigenvalue weighted by Crippen LogP contribution is -2.32. The Morgan fingerprint density at radius 1 is 0.963 bits per heavy atom. The minimum atomic E-state index is -0.164. The third-order valence-corrected chi connectivity index (χ3v) is 5.26. The van der Waals surface area contributed by atoms with Gasteiger partial charge in [0.05, 0.1) is 6.10 Å². The fraction of sp³-hybridized carbons (Fsp3) is 0.870. The standard InChI is InChI=1S/C23H43NO3/c1-2-3-4-12-17-22(25)18-13-9-7-5-6-8-10-14-19-23(26)27-24-20-15-11-16-21-24/h9,13,22,25H,2-8,10-12,14-21H2,1H3/b13-9-/t22-/m1/s1. The first-order valence-corrected chi connectivity index (χ1v) is 11.5. The van der Waals surface area contributed by atoms with E-state index < -0.39 is 0 Å². The van der Waals surface area contributed by atoms with Gasteiger partial charge in [-0.2, -0.15) is 0 Å². The summed E-state index contributed by atoms with van der Waals surface area (Å²) >= 11 is 0. The van der Waals surface area contributed by atoms with Crippen LogP contribution in [0.4, 0.5) is 0 Å². The Bertz CT molecular complexity index is 378. The number of hydrogen-bond acceptors (Lipinski definition) is 4. The van der Waals surface area contributed by atoms with Crippen LogP contribution in [-0.4, -0.2) is 35.3 Å². The molecule has 1 saturated heterocycles. The number of allylic oxidation sites excluding steroid dienone is 1. The first-order chi connectivity index (χ1) is 13.2. The van der Waals surface area contributed by atoms with Crippen molar-refractivity contribution in [2.75, 3.05) is 13.1 Å². The normalized spacial score (nSPS) is 16.7. The summed E-state index contributed by atoms with van der Waals surface area (Å²) in [5.74, 6) is -0.0620. The maximum absolute atomic E-state index is 11.8. The van der Waals surface area contributed by atoms with E-state index in [1.165, 1.54) is 44.9 Å². The topological polar surface area (TPSA) is 49.8 Å². The average Bonchev–Trinajstić information content (AvgIpc) is 2.67. The van der Waals surface area contributed by atoms with Crippen LogP contribution < -0.4 is 0 Å². The summed E-state index contributed by atoms with van der Waals surface area (Å²) < 4.78 is 0. The van der Waals surface area contributed by atoms with E-state index in [9.17, 15) is 9.90 Å². The van der Waals surface area contributed by atoms with Crippen molar-refractivity contribution >= 4 is 5.97 Å². The molecule has 4 heteroatoms. The molecule has 0 spiro atoms. The predicted octanol–water partition coefficient (Wildman–Crippen LogP) is 5.94. The molecule has 1 fully saturated rings. The number of hydroxylamine groups is 2. The number of aliphatic hydroxyl groups excluding tert-OH is 1. The molecule has 1 N–H and O–H groups in total. The SMILES string of the molecule is CCCCCC[C@@H](O)C/C=C\CCCCCCCC(=O)ON1CCCCC1. The van der Waals surface area contributed by atoms with Gasteiger partial charge >= 0.3 is 5.97 Å². The molecule has 0 aromatic rings. The van der Waals surface area contributed by atoms with E-state index in [1.807, 2.05) is 5.06 Å². The lowest BCUT2D eigenvalue weighted by Gasteiger charge is -2.24. The Morgan fingerprint density at radius 2 is 1.67 bits per heavy atom. The number of piperidine rings is 1. The molecule has 1 heterocycles. The number of carbonyl (C=O) groups excluding carboxylic acids is 1. The van der Waals surface area contributed by atoms with E-state index in [2.05, 4.69) is 19.1 Å². The van der Waals surface area contributed by atoms with Gasteiger partial charge < -0.3 is 9.94 Å². The van der Waals surface area contributed by atoms with Crippen LogP contribution in [-0.2, 0) is 9.63 Å². The second-order valence-electron chi connectivity index (χ2n) is 7.97. The van der Waals surface area contributed by atoms with Crippen molar-refractivity contribution in [3.8, 4) is 0 Å². The Kier molecular flexibility index (Phi) is 15.4. The van der Waals surface area contributed by atoms with E-state index in [4.69, 9.17) is 4.84 Å². The molecule has 1 rings (SSSR count). The van der Waals surface area contributed by atoms with Gasteiger partial charge in [0, 0.05) is 19.5 Å². The minimum Gasteiger partial charge on any atom is -0.393 e. The van der Waals surface area contributed by atoms with Crippen LogP contribution in [0.25, 0.3) is 0 Å². The highest BCUT2D eigenvalue weighted by atomic mass is 16.7. The van der Waals surface area contributed by atoms with Gasteiger partial charge in [-0.25, -0.2) is 0 Å². The third kappa shape index (κ3) is 14.8. The van der Waals surface area contributed by atoms with Crippen molar-refractivity contribution in [2.45, 2.75) is 116 Å². The van der Waals surface area contributed by atoms with Crippen molar-refractivity contribution in [3.05, 3.63) is 12.2 Å². The fourth-order valence-corrected chi connectivity index (χ4v) is 3.50. The molecule has 1 aliphatic heterocycles. The Balaban J connectivity index is 1.84. The van der Waals surface area contributed by atoms with Crippen LogP contribution in [0.2, 0.25) is 0 Å². The molecule has 0 bridgehead atoms. The van der Waals surface area contributed by atoms with Crippen LogP contribution in [0.5, 0.6) is 0 Å². The second kappa shape index (κ2) is 17.2. The van der Waals surface area contributed by atoms with Crippen molar-refractivity contribution in [1.29, 1.82) is 0 Å². The quantitative estimate of drug-likeness (QED) is 0.265. The maximum Gasteiger partial charge on any atom is 0.325 e. The van der Waals surface area contributed by atoms with Gasteiger partial charge in [-0.15, -0.1) is 5.06 Å². The Morgan fingerprint density at radius 3 is 2.44 bits per heavy atom. The molecule has 0 saturated carbocycles. The molecule has 0 unspecified atom stereocenters. The molecular weight excluding hydrogens is 338 g/mol. The van der Waals surface area contributed by atoms with Crippen molar-refractivity contribution in [1.82, 2.24) is 5.06 Å². The molecule has 1 atom stereocenters. The fourth-order valence-electron chi connectivity index (χ4n) is 3.50. The maximum atomic E-state index is 11.8. The highest BCUT2D eigenvalue weighted by Gasteiger charge is 2.14. The van der Waals surface area contributed by atoms with Crippen LogP contribution >= 0.6 is 0 Å². The molecule has 0 amide bonds. The van der Waals surface area contributed by atoms with Crippen molar-refractivity contribution in [3.63, 3.8) is 0 Å². The summed E-state index contributed by atoms with van der Waals surface area (Å²) in [7, 11) is 0. The molecule has 0 aromatic heterocycles. The first kappa shape index (κ1) is 24.2. The van der Waals surface area contributed by atoms with E-state index in [0.29, 0.717) is 6.42 Å². The predicted molar refractivity (Wildman–Crippen MR) is 112 cm³/mol. The molecule has 27 heavy (non-hydrogen) atoms. The van der Waals surface area contributed by atoms with Gasteiger partial charge in [-0.1, -0.05) is 70.4 Å². The summed E-state index contributed by atoms with van der Waals surface area (Å²) in [4.78, 5) is 17.2. The van der Waals surface area contributed by atoms with Crippen LogP contribution in [0, 0.1) is 0 Å². The van der Waals surface area contributed by atoms with Crippen molar-refractivity contribution in [2.24, 2.45) is 0 Å². The summed E-state index contributed by atoms with van der Waals surface area (Å²) in [5, 5.41) is 11.7. The second-order valence-corrected chi connectivity index (χ2v) is 7.97. The minimum absolute atomic E-state index is 0.0620. The Labute approximate surface area is 167 Å². The largest absolute Gasteiger partial charge is 0.393 e. The van der Waals surface area contributed by atoms with Crippen LogP contribution in [0.15, 0.2) is 12.2 Å². The number of carbonyl (C=O) groups is 1. The van der Waals surface area contributed by atoms with E-state index in [-0.39, 0.29) is 12.1 Å². The third-order valence-electron chi connectivity index (χ3n) is 5.26. The monoisotopic (exact) mass is 381 g/mol. The number of hydrogen-bond donors (Lipinski definition) is 1. The van der Waals surface area contributed by atoms with Gasteiger partial charge in [0.25, 0.3) is 0 Å². The molecule has 158 valence electrons. The first-order valence-electron chi connectivity index (χ1n) is 11.5. The lowest BCUT2D eigenvalue weighted by molar-refractivity contribution is -0.194. The van der Waals surface area contributed by atoms with Gasteiger partial charge in [0.1, 0.15) is 0 Å². The Hall–Kier alpha value is -0.870. The molecule has 0 aliphatic carbocycles.